The van der Waals surface area contributed by atoms with Crippen LogP contribution in [0.15, 0.2) is 24.3 Å². The number of halogens is 1. The largest absolute Gasteiger partial charge is 0.344 e. The Bertz CT molecular complexity index is 426. The van der Waals surface area contributed by atoms with E-state index >= 15 is 0 Å². The van der Waals surface area contributed by atoms with Crippen molar-refractivity contribution >= 4 is 11.6 Å². The Balaban J connectivity index is 1.72. The van der Waals surface area contributed by atoms with Gasteiger partial charge < -0.3 is 9.47 Å². The van der Waals surface area contributed by atoms with Crippen molar-refractivity contribution in [1.82, 2.24) is 0 Å². The van der Waals surface area contributed by atoms with Gasteiger partial charge in [0.1, 0.15) is 0 Å². The van der Waals surface area contributed by atoms with Crippen LogP contribution < -0.4 is 0 Å². The van der Waals surface area contributed by atoms with Crippen molar-refractivity contribution in [2.75, 3.05) is 0 Å². The van der Waals surface area contributed by atoms with Gasteiger partial charge in [-0.1, -0.05) is 29.8 Å². The van der Waals surface area contributed by atoms with Gasteiger partial charge >= 0.3 is 0 Å². The minimum absolute atomic E-state index is 0.128. The second-order valence-electron chi connectivity index (χ2n) is 5.39. The Labute approximate surface area is 113 Å². The van der Waals surface area contributed by atoms with E-state index in [0.29, 0.717) is 0 Å². The van der Waals surface area contributed by atoms with Crippen molar-refractivity contribution < 1.29 is 9.47 Å². The third kappa shape index (κ3) is 2.29. The smallest absolute Gasteiger partial charge is 0.169 e. The zero-order valence-electron chi connectivity index (χ0n) is 10.7. The monoisotopic (exact) mass is 266 g/mol. The standard InChI is InChI=1S/C15H19ClO2/c1-11-14(10-12-6-2-3-7-13(12)16)18-15(17-11)8-4-5-9-15/h2-3,6-7,11,14H,4-5,8-10H2,1H3. The van der Waals surface area contributed by atoms with E-state index in [1.54, 1.807) is 0 Å². The quantitative estimate of drug-likeness (QED) is 0.807. The molecule has 2 atom stereocenters. The first-order chi connectivity index (χ1) is 8.69. The van der Waals surface area contributed by atoms with Crippen molar-refractivity contribution in [3.05, 3.63) is 34.9 Å². The van der Waals surface area contributed by atoms with Crippen LogP contribution in [0.25, 0.3) is 0 Å². The molecule has 0 radical (unpaired) electrons. The first-order valence-electron chi connectivity index (χ1n) is 6.78. The molecular formula is C15H19ClO2. The van der Waals surface area contributed by atoms with E-state index in [2.05, 4.69) is 13.0 Å². The SMILES string of the molecule is CC1OC2(CCCC2)OC1Cc1ccccc1Cl. The van der Waals surface area contributed by atoms with Crippen LogP contribution in [0.2, 0.25) is 5.02 Å². The molecule has 18 heavy (non-hydrogen) atoms. The summed E-state index contributed by atoms with van der Waals surface area (Å²) in [6.07, 6.45) is 5.62. The van der Waals surface area contributed by atoms with E-state index in [0.717, 1.165) is 29.8 Å². The van der Waals surface area contributed by atoms with Gasteiger partial charge in [0, 0.05) is 24.3 Å². The van der Waals surface area contributed by atoms with Crippen LogP contribution in [0.4, 0.5) is 0 Å². The topological polar surface area (TPSA) is 18.5 Å². The number of rotatable bonds is 2. The number of hydrogen-bond acceptors (Lipinski definition) is 2. The van der Waals surface area contributed by atoms with Crippen molar-refractivity contribution in [3.8, 4) is 0 Å². The van der Waals surface area contributed by atoms with Gasteiger partial charge in [0.15, 0.2) is 5.79 Å². The highest BCUT2D eigenvalue weighted by molar-refractivity contribution is 6.31. The molecule has 0 aromatic heterocycles. The van der Waals surface area contributed by atoms with Crippen LogP contribution in [0.1, 0.15) is 38.2 Å². The summed E-state index contributed by atoms with van der Waals surface area (Å²) in [6.45, 7) is 2.11. The van der Waals surface area contributed by atoms with Gasteiger partial charge in [-0.2, -0.15) is 0 Å². The Kier molecular flexibility index (Phi) is 3.35. The van der Waals surface area contributed by atoms with Gasteiger partial charge in [0.2, 0.25) is 0 Å². The highest BCUT2D eigenvalue weighted by Gasteiger charge is 2.47. The molecule has 3 heteroatoms. The average molecular weight is 267 g/mol. The van der Waals surface area contributed by atoms with Crippen LogP contribution in [0.3, 0.4) is 0 Å². The first-order valence-corrected chi connectivity index (χ1v) is 7.15. The maximum Gasteiger partial charge on any atom is 0.169 e. The molecule has 1 saturated carbocycles. The second-order valence-corrected chi connectivity index (χ2v) is 5.80. The predicted octanol–water partition coefficient (Wildman–Crippen LogP) is 3.96. The fourth-order valence-corrected chi connectivity index (χ4v) is 3.26. The van der Waals surface area contributed by atoms with Crippen LogP contribution in [-0.2, 0) is 15.9 Å². The van der Waals surface area contributed by atoms with Crippen LogP contribution >= 0.6 is 11.6 Å². The van der Waals surface area contributed by atoms with Crippen LogP contribution in [-0.4, -0.2) is 18.0 Å². The lowest BCUT2D eigenvalue weighted by atomic mass is 10.0. The fourth-order valence-electron chi connectivity index (χ4n) is 3.05. The van der Waals surface area contributed by atoms with Crippen LogP contribution in [0.5, 0.6) is 0 Å². The molecule has 2 nitrogen and oxygen atoms in total. The lowest BCUT2D eigenvalue weighted by Crippen LogP contribution is -2.27. The third-order valence-corrected chi connectivity index (χ3v) is 4.40. The molecule has 1 aromatic rings. The lowest BCUT2D eigenvalue weighted by molar-refractivity contribution is -0.167. The Morgan fingerprint density at radius 3 is 2.67 bits per heavy atom. The summed E-state index contributed by atoms with van der Waals surface area (Å²) in [5, 5.41) is 0.820. The molecule has 1 aromatic carbocycles. The predicted molar refractivity (Wildman–Crippen MR) is 71.8 cm³/mol. The molecule has 3 rings (SSSR count). The molecule has 2 fully saturated rings. The molecular weight excluding hydrogens is 248 g/mol. The molecule has 1 aliphatic heterocycles. The lowest BCUT2D eigenvalue weighted by Gasteiger charge is -2.22. The molecule has 1 aliphatic carbocycles. The molecule has 1 saturated heterocycles. The number of hydrogen-bond donors (Lipinski definition) is 0. The molecule has 1 heterocycles. The van der Waals surface area contributed by atoms with Gasteiger partial charge in [-0.15, -0.1) is 0 Å². The average Bonchev–Trinajstić information content (AvgIpc) is 2.91. The van der Waals surface area contributed by atoms with Crippen molar-refractivity contribution in [3.63, 3.8) is 0 Å². The second kappa shape index (κ2) is 4.84. The zero-order chi connectivity index (χ0) is 12.6. The molecule has 2 unspecified atom stereocenters. The van der Waals surface area contributed by atoms with Gasteiger partial charge in [-0.25, -0.2) is 0 Å². The maximum atomic E-state index is 6.21. The summed E-state index contributed by atoms with van der Waals surface area (Å²) in [6, 6.07) is 7.98. The minimum atomic E-state index is -0.286. The Hall–Kier alpha value is -0.570. The van der Waals surface area contributed by atoms with E-state index < -0.39 is 0 Å². The Morgan fingerprint density at radius 1 is 1.22 bits per heavy atom. The summed E-state index contributed by atoms with van der Waals surface area (Å²) >= 11 is 6.21. The highest BCUT2D eigenvalue weighted by atomic mass is 35.5. The van der Waals surface area contributed by atoms with E-state index in [-0.39, 0.29) is 18.0 Å². The van der Waals surface area contributed by atoms with E-state index in [9.17, 15) is 0 Å². The number of benzene rings is 1. The van der Waals surface area contributed by atoms with E-state index in [4.69, 9.17) is 21.1 Å². The maximum absolute atomic E-state index is 6.21. The van der Waals surface area contributed by atoms with Gasteiger partial charge in [0.25, 0.3) is 0 Å². The third-order valence-electron chi connectivity index (χ3n) is 4.03. The number of ether oxygens (including phenoxy) is 2. The zero-order valence-corrected chi connectivity index (χ0v) is 11.5. The van der Waals surface area contributed by atoms with E-state index in [1.165, 1.54) is 12.8 Å². The van der Waals surface area contributed by atoms with Crippen LogP contribution in [0, 0.1) is 0 Å². The molecule has 1 spiro atoms. The molecule has 0 bridgehead atoms. The van der Waals surface area contributed by atoms with Gasteiger partial charge in [-0.05, 0) is 31.4 Å². The summed E-state index contributed by atoms with van der Waals surface area (Å²) in [7, 11) is 0. The summed E-state index contributed by atoms with van der Waals surface area (Å²) < 4.78 is 12.3. The van der Waals surface area contributed by atoms with Gasteiger partial charge in [0.05, 0.1) is 12.2 Å². The molecule has 0 amide bonds. The molecule has 2 aliphatic rings. The van der Waals surface area contributed by atoms with Gasteiger partial charge in [-0.3, -0.25) is 0 Å². The van der Waals surface area contributed by atoms with Crippen molar-refractivity contribution in [2.45, 2.75) is 57.0 Å². The fraction of sp³-hybridized carbons (Fsp3) is 0.600. The highest BCUT2D eigenvalue weighted by Crippen LogP contribution is 2.42. The van der Waals surface area contributed by atoms with Crippen molar-refractivity contribution in [1.29, 1.82) is 0 Å². The summed E-state index contributed by atoms with van der Waals surface area (Å²) in [5.41, 5.74) is 1.15. The first kappa shape index (κ1) is 12.5. The summed E-state index contributed by atoms with van der Waals surface area (Å²) in [4.78, 5) is 0. The summed E-state index contributed by atoms with van der Waals surface area (Å²) in [5.74, 6) is -0.286. The Morgan fingerprint density at radius 2 is 1.94 bits per heavy atom. The molecule has 98 valence electrons. The van der Waals surface area contributed by atoms with E-state index in [1.807, 2.05) is 18.2 Å². The normalized spacial score (nSPS) is 30.1. The molecule has 0 N–H and O–H groups in total. The minimum Gasteiger partial charge on any atom is -0.344 e. The van der Waals surface area contributed by atoms with Crippen molar-refractivity contribution in [2.24, 2.45) is 0 Å².